The molecule has 2 heteroatoms. The Morgan fingerprint density at radius 2 is 1.67 bits per heavy atom. The monoisotopic (exact) mass is 132 g/mol. The lowest BCUT2D eigenvalue weighted by Gasteiger charge is -1.98. The molecule has 0 heterocycles. The van der Waals surface area contributed by atoms with Crippen LogP contribution in [0, 0.1) is 0 Å². The van der Waals surface area contributed by atoms with Gasteiger partial charge in [0, 0.05) is 0 Å². The Morgan fingerprint density at radius 3 is 1.67 bits per heavy atom. The van der Waals surface area contributed by atoms with E-state index in [0.29, 0.717) is 0 Å². The highest BCUT2D eigenvalue weighted by Gasteiger charge is 1.90. The van der Waals surface area contributed by atoms with Gasteiger partial charge in [-0.2, -0.15) is 0 Å². The Balaban J connectivity index is 0. The van der Waals surface area contributed by atoms with Crippen molar-refractivity contribution in [2.75, 3.05) is 0 Å². The van der Waals surface area contributed by atoms with E-state index in [0.717, 1.165) is 19.1 Å². The fourth-order valence-electron chi connectivity index (χ4n) is 0.289. The van der Waals surface area contributed by atoms with Crippen molar-refractivity contribution in [3.63, 3.8) is 0 Å². The summed E-state index contributed by atoms with van der Waals surface area (Å²) in [6, 6.07) is 0. The molecule has 0 spiro atoms. The predicted octanol–water partition coefficient (Wildman–Crippen LogP) is 1.37. The molecule has 0 bridgehead atoms. The molecule has 0 rings (SSSR count). The summed E-state index contributed by atoms with van der Waals surface area (Å²) in [6.07, 6.45) is 2.46. The second kappa shape index (κ2) is 10.6. The molecule has 0 fully saturated rings. The Morgan fingerprint density at radius 1 is 1.44 bits per heavy atom. The molecular formula is C7H16O2. The normalized spacial score (nSPS) is 8.11. The number of aliphatic hydroxyl groups excluding tert-OH is 1. The van der Waals surface area contributed by atoms with Crippen LogP contribution < -0.4 is 0 Å². The van der Waals surface area contributed by atoms with Crippen LogP contribution in [0.25, 0.3) is 0 Å². The predicted molar refractivity (Wildman–Crippen MR) is 38.3 cm³/mol. The molecule has 0 saturated carbocycles. The number of aliphatic hydroxyl groups is 1. The highest BCUT2D eigenvalue weighted by molar-refractivity contribution is 5.44. The average molecular weight is 132 g/mol. The Hall–Kier alpha value is -0.370. The van der Waals surface area contributed by atoms with Crippen LogP contribution in [0.4, 0.5) is 0 Å². The standard InChI is InChI=1S/C5H12O.C2H4O/c1-3-5(6)4-2;1-2-3/h5-6H,3-4H2,1-2H3;2H,1H3. The summed E-state index contributed by atoms with van der Waals surface area (Å²) >= 11 is 0. The molecule has 0 aliphatic carbocycles. The lowest BCUT2D eigenvalue weighted by atomic mass is 10.2. The molecule has 0 aliphatic heterocycles. The van der Waals surface area contributed by atoms with E-state index in [1.807, 2.05) is 13.8 Å². The van der Waals surface area contributed by atoms with Crippen LogP contribution in [0.5, 0.6) is 0 Å². The van der Waals surface area contributed by atoms with Crippen LogP contribution in [0.2, 0.25) is 0 Å². The van der Waals surface area contributed by atoms with E-state index < -0.39 is 0 Å². The molecule has 0 saturated heterocycles. The van der Waals surface area contributed by atoms with Crippen LogP contribution in [0.3, 0.4) is 0 Å². The highest BCUT2D eigenvalue weighted by atomic mass is 16.3. The summed E-state index contributed by atoms with van der Waals surface area (Å²) < 4.78 is 0. The molecule has 0 aromatic rings. The van der Waals surface area contributed by atoms with Gasteiger partial charge in [-0.25, -0.2) is 0 Å². The molecule has 0 amide bonds. The first-order valence-electron chi connectivity index (χ1n) is 3.30. The van der Waals surface area contributed by atoms with E-state index in [1.165, 1.54) is 6.92 Å². The molecule has 0 aliphatic rings. The zero-order chi connectivity index (χ0) is 7.70. The van der Waals surface area contributed by atoms with Crippen LogP contribution in [0.1, 0.15) is 33.6 Å². The molecule has 0 radical (unpaired) electrons. The maximum absolute atomic E-state index is 8.81. The maximum Gasteiger partial charge on any atom is 0.116 e. The Labute approximate surface area is 56.9 Å². The summed E-state index contributed by atoms with van der Waals surface area (Å²) in [5.74, 6) is 0. The fourth-order valence-corrected chi connectivity index (χ4v) is 0.289. The van der Waals surface area contributed by atoms with E-state index in [2.05, 4.69) is 0 Å². The summed E-state index contributed by atoms with van der Waals surface area (Å²) in [6.45, 7) is 5.41. The SMILES string of the molecule is CC=O.CCC(O)CC. The summed E-state index contributed by atoms with van der Waals surface area (Å²) in [7, 11) is 0. The topological polar surface area (TPSA) is 37.3 Å². The van der Waals surface area contributed by atoms with E-state index >= 15 is 0 Å². The number of aldehydes is 1. The molecule has 0 unspecified atom stereocenters. The van der Waals surface area contributed by atoms with Gasteiger partial charge in [0.15, 0.2) is 0 Å². The van der Waals surface area contributed by atoms with Crippen LogP contribution in [-0.2, 0) is 4.79 Å². The molecule has 0 aromatic carbocycles. The summed E-state index contributed by atoms with van der Waals surface area (Å²) in [4.78, 5) is 8.81. The lowest BCUT2D eigenvalue weighted by Crippen LogP contribution is -1.99. The van der Waals surface area contributed by atoms with Crippen molar-refractivity contribution in [1.82, 2.24) is 0 Å². The largest absolute Gasteiger partial charge is 0.393 e. The molecule has 0 atom stereocenters. The van der Waals surface area contributed by atoms with E-state index in [1.54, 1.807) is 0 Å². The third kappa shape index (κ3) is 18.4. The Bertz CT molecular complexity index is 48.9. The van der Waals surface area contributed by atoms with Crippen molar-refractivity contribution in [2.24, 2.45) is 0 Å². The van der Waals surface area contributed by atoms with Gasteiger partial charge in [-0.1, -0.05) is 13.8 Å². The van der Waals surface area contributed by atoms with Crippen molar-refractivity contribution in [3.05, 3.63) is 0 Å². The molecule has 0 aromatic heterocycles. The molecule has 2 nitrogen and oxygen atoms in total. The number of carbonyl (C=O) groups excluding carboxylic acids is 1. The average Bonchev–Trinajstić information content (AvgIpc) is 1.88. The van der Waals surface area contributed by atoms with Crippen LogP contribution >= 0.6 is 0 Å². The van der Waals surface area contributed by atoms with Crippen LogP contribution in [0.15, 0.2) is 0 Å². The third-order valence-corrected chi connectivity index (χ3v) is 0.942. The summed E-state index contributed by atoms with van der Waals surface area (Å²) in [5, 5.41) is 8.67. The van der Waals surface area contributed by atoms with Gasteiger partial charge in [0.05, 0.1) is 6.10 Å². The van der Waals surface area contributed by atoms with Gasteiger partial charge < -0.3 is 9.90 Å². The second-order valence-corrected chi connectivity index (χ2v) is 1.71. The minimum absolute atomic E-state index is 0.0648. The fraction of sp³-hybridized carbons (Fsp3) is 0.857. The van der Waals surface area contributed by atoms with Gasteiger partial charge in [-0.05, 0) is 19.8 Å². The lowest BCUT2D eigenvalue weighted by molar-refractivity contribution is -0.106. The number of rotatable bonds is 2. The van der Waals surface area contributed by atoms with Gasteiger partial charge in [-0.15, -0.1) is 0 Å². The molecular weight excluding hydrogens is 116 g/mol. The van der Waals surface area contributed by atoms with Crippen molar-refractivity contribution < 1.29 is 9.90 Å². The first-order chi connectivity index (χ1) is 4.22. The van der Waals surface area contributed by atoms with Gasteiger partial charge in [0.25, 0.3) is 0 Å². The minimum atomic E-state index is -0.0648. The second-order valence-electron chi connectivity index (χ2n) is 1.71. The number of hydrogen-bond donors (Lipinski definition) is 1. The van der Waals surface area contributed by atoms with Gasteiger partial charge in [0.1, 0.15) is 6.29 Å². The first-order valence-corrected chi connectivity index (χ1v) is 3.30. The van der Waals surface area contributed by atoms with Crippen molar-refractivity contribution >= 4 is 6.29 Å². The maximum atomic E-state index is 8.81. The van der Waals surface area contributed by atoms with Gasteiger partial charge in [-0.3, -0.25) is 0 Å². The minimum Gasteiger partial charge on any atom is -0.393 e. The third-order valence-electron chi connectivity index (χ3n) is 0.942. The zero-order valence-electron chi connectivity index (χ0n) is 6.42. The molecule has 9 heavy (non-hydrogen) atoms. The molecule has 1 N–H and O–H groups in total. The smallest absolute Gasteiger partial charge is 0.116 e. The van der Waals surface area contributed by atoms with Crippen LogP contribution in [-0.4, -0.2) is 17.5 Å². The van der Waals surface area contributed by atoms with Gasteiger partial charge >= 0.3 is 0 Å². The highest BCUT2D eigenvalue weighted by Crippen LogP contribution is 1.91. The Kier molecular flexibility index (Phi) is 13.4. The summed E-state index contributed by atoms with van der Waals surface area (Å²) in [5.41, 5.74) is 0. The van der Waals surface area contributed by atoms with Crippen molar-refractivity contribution in [2.45, 2.75) is 39.7 Å². The van der Waals surface area contributed by atoms with E-state index in [-0.39, 0.29) is 6.10 Å². The van der Waals surface area contributed by atoms with Gasteiger partial charge in [0.2, 0.25) is 0 Å². The zero-order valence-corrected chi connectivity index (χ0v) is 6.42. The van der Waals surface area contributed by atoms with E-state index in [4.69, 9.17) is 9.90 Å². The number of hydrogen-bond acceptors (Lipinski definition) is 2. The quantitative estimate of drug-likeness (QED) is 0.576. The van der Waals surface area contributed by atoms with E-state index in [9.17, 15) is 0 Å². The van der Waals surface area contributed by atoms with Crippen molar-refractivity contribution in [1.29, 1.82) is 0 Å². The number of carbonyl (C=O) groups is 1. The first kappa shape index (κ1) is 11.4. The molecule has 56 valence electrons. The van der Waals surface area contributed by atoms with Crippen molar-refractivity contribution in [3.8, 4) is 0 Å².